The maximum atomic E-state index is 13.1. The zero-order valence-electron chi connectivity index (χ0n) is 21.0. The molecule has 3 N–H and O–H groups in total. The molecule has 0 aliphatic heterocycles. The lowest BCUT2D eigenvalue weighted by atomic mass is 9.91. The van der Waals surface area contributed by atoms with Gasteiger partial charge in [0.25, 0.3) is 5.91 Å². The van der Waals surface area contributed by atoms with Crippen LogP contribution in [0, 0.1) is 13.8 Å². The summed E-state index contributed by atoms with van der Waals surface area (Å²) in [6.07, 6.45) is -2.13. The van der Waals surface area contributed by atoms with Crippen molar-refractivity contribution >= 4 is 29.0 Å². The third kappa shape index (κ3) is 7.47. The Kier molecular flexibility index (Phi) is 8.55. The second-order valence-corrected chi connectivity index (χ2v) is 10.3. The molecule has 4 rings (SSSR count). The third-order valence-electron chi connectivity index (χ3n) is 6.22. The van der Waals surface area contributed by atoms with Crippen molar-refractivity contribution in [2.75, 3.05) is 5.32 Å². The first-order valence-electron chi connectivity index (χ1n) is 12.3. The van der Waals surface area contributed by atoms with Crippen LogP contribution in [0.2, 0.25) is 0 Å². The zero-order valence-corrected chi connectivity index (χ0v) is 21.8. The number of halogens is 3. The number of aryl methyl sites for hydroxylation is 2. The Bertz CT molecular complexity index is 1270. The van der Waals surface area contributed by atoms with Gasteiger partial charge in [0.15, 0.2) is 0 Å². The lowest BCUT2D eigenvalue weighted by Crippen LogP contribution is -2.45. The molecule has 11 heteroatoms. The number of aromatic nitrogens is 1. The molecule has 0 spiro atoms. The van der Waals surface area contributed by atoms with Crippen LogP contribution in [0.5, 0.6) is 5.75 Å². The fourth-order valence-corrected chi connectivity index (χ4v) is 5.15. The first-order chi connectivity index (χ1) is 18.1. The van der Waals surface area contributed by atoms with E-state index in [0.717, 1.165) is 22.9 Å². The molecule has 1 heterocycles. The number of hydrogen-bond donors (Lipinski definition) is 3. The van der Waals surface area contributed by atoms with Gasteiger partial charge in [0.2, 0.25) is 0 Å². The molecule has 202 valence electrons. The van der Waals surface area contributed by atoms with Gasteiger partial charge in [0.05, 0.1) is 11.3 Å². The second-order valence-electron chi connectivity index (χ2n) is 9.40. The van der Waals surface area contributed by atoms with Gasteiger partial charge >= 0.3 is 12.2 Å². The summed E-state index contributed by atoms with van der Waals surface area (Å²) in [6, 6.07) is 9.84. The topological polar surface area (TPSA) is 92.3 Å². The van der Waals surface area contributed by atoms with Gasteiger partial charge in [-0.25, -0.2) is 9.78 Å². The number of rotatable bonds is 7. The van der Waals surface area contributed by atoms with Gasteiger partial charge in [-0.2, -0.15) is 13.2 Å². The normalized spacial score (nSPS) is 17.5. The van der Waals surface area contributed by atoms with E-state index in [9.17, 15) is 22.8 Å². The van der Waals surface area contributed by atoms with Crippen molar-refractivity contribution in [3.63, 3.8) is 0 Å². The van der Waals surface area contributed by atoms with Crippen molar-refractivity contribution in [3.8, 4) is 5.75 Å². The van der Waals surface area contributed by atoms with Crippen molar-refractivity contribution < 1.29 is 27.5 Å². The molecule has 3 aromatic rings. The van der Waals surface area contributed by atoms with Crippen LogP contribution in [0.4, 0.5) is 23.7 Å². The Hall–Kier alpha value is -3.60. The molecule has 0 unspecified atom stereocenters. The maximum absolute atomic E-state index is 13.1. The summed E-state index contributed by atoms with van der Waals surface area (Å²) in [6.45, 7) is 4.27. The minimum absolute atomic E-state index is 0.0776. The maximum Gasteiger partial charge on any atom is 0.418 e. The van der Waals surface area contributed by atoms with Crippen molar-refractivity contribution in [3.05, 3.63) is 75.2 Å². The molecule has 3 amide bonds. The van der Waals surface area contributed by atoms with Crippen LogP contribution in [0.3, 0.4) is 0 Å². The molecule has 1 saturated carbocycles. The molecule has 38 heavy (non-hydrogen) atoms. The standard InChI is InChI=1S/C27H29F3N4O3S/c1-16-11-17(2)13-20(12-16)37-14-24-33-23(15-38-24)25(35)31-18-7-9-19(10-8-18)32-26(36)34-22-6-4-3-5-21(22)27(28,29)30/h3-6,11-13,15,18-19H,7-10,14H2,1-2H3,(H,31,35)(H2,32,34,36). The fourth-order valence-electron chi connectivity index (χ4n) is 4.47. The Morgan fingerprint density at radius 2 is 1.63 bits per heavy atom. The molecule has 0 saturated heterocycles. The SMILES string of the molecule is Cc1cc(C)cc(OCc2nc(C(=O)NC3CCC(NC(=O)Nc4ccccc4C(F)(F)F)CC3)cs2)c1. The van der Waals surface area contributed by atoms with E-state index >= 15 is 0 Å². The number of para-hydroxylation sites is 1. The summed E-state index contributed by atoms with van der Waals surface area (Å²) in [4.78, 5) is 29.4. The zero-order chi connectivity index (χ0) is 27.3. The summed E-state index contributed by atoms with van der Waals surface area (Å²) < 4.78 is 45.3. The molecule has 0 atom stereocenters. The van der Waals surface area contributed by atoms with Gasteiger partial charge in [-0.3, -0.25) is 4.79 Å². The van der Waals surface area contributed by atoms with Gasteiger partial charge in [0, 0.05) is 17.5 Å². The van der Waals surface area contributed by atoms with Gasteiger partial charge in [0.1, 0.15) is 23.1 Å². The monoisotopic (exact) mass is 546 g/mol. The molecule has 1 aliphatic rings. The van der Waals surface area contributed by atoms with E-state index in [0.29, 0.717) is 36.4 Å². The van der Waals surface area contributed by atoms with Crippen LogP contribution >= 0.6 is 11.3 Å². The van der Waals surface area contributed by atoms with Crippen LogP contribution in [-0.4, -0.2) is 29.0 Å². The van der Waals surface area contributed by atoms with E-state index in [-0.39, 0.29) is 30.3 Å². The number of benzene rings is 2. The largest absolute Gasteiger partial charge is 0.486 e. The lowest BCUT2D eigenvalue weighted by Gasteiger charge is -2.29. The highest BCUT2D eigenvalue weighted by molar-refractivity contribution is 7.09. The number of nitrogens with zero attached hydrogens (tertiary/aromatic N) is 1. The quantitative estimate of drug-likeness (QED) is 0.328. The van der Waals surface area contributed by atoms with Crippen molar-refractivity contribution in [1.82, 2.24) is 15.6 Å². The second kappa shape index (κ2) is 11.8. The van der Waals surface area contributed by atoms with Crippen LogP contribution in [0.15, 0.2) is 47.8 Å². The number of amides is 3. The van der Waals surface area contributed by atoms with Gasteiger partial charge in [-0.05, 0) is 74.9 Å². The predicted octanol–water partition coefficient (Wildman–Crippen LogP) is 6.22. The first kappa shape index (κ1) is 27.4. The summed E-state index contributed by atoms with van der Waals surface area (Å²) in [5.74, 6) is 0.490. The number of carbonyl (C=O) groups excluding carboxylic acids is 2. The first-order valence-corrected chi connectivity index (χ1v) is 13.1. The highest BCUT2D eigenvalue weighted by Crippen LogP contribution is 2.34. The number of alkyl halides is 3. The molecular formula is C27H29F3N4O3S. The molecular weight excluding hydrogens is 517 g/mol. The van der Waals surface area contributed by atoms with E-state index in [2.05, 4.69) is 27.0 Å². The molecule has 0 bridgehead atoms. The van der Waals surface area contributed by atoms with E-state index < -0.39 is 17.8 Å². The molecule has 2 aromatic carbocycles. The summed E-state index contributed by atoms with van der Waals surface area (Å²) in [5.41, 5.74) is 1.36. The van der Waals surface area contributed by atoms with E-state index in [1.807, 2.05) is 26.0 Å². The van der Waals surface area contributed by atoms with Crippen molar-refractivity contribution in [2.45, 2.75) is 64.4 Å². The number of anilines is 1. The number of hydrogen-bond acceptors (Lipinski definition) is 5. The smallest absolute Gasteiger partial charge is 0.418 e. The summed E-state index contributed by atoms with van der Waals surface area (Å²) in [5, 5.41) is 10.4. The third-order valence-corrected chi connectivity index (χ3v) is 7.04. The minimum atomic E-state index is -4.56. The van der Waals surface area contributed by atoms with E-state index in [4.69, 9.17) is 4.74 Å². The van der Waals surface area contributed by atoms with Crippen LogP contribution < -0.4 is 20.7 Å². The summed E-state index contributed by atoms with van der Waals surface area (Å²) >= 11 is 1.36. The molecule has 1 fully saturated rings. The van der Waals surface area contributed by atoms with E-state index in [1.165, 1.54) is 29.5 Å². The lowest BCUT2D eigenvalue weighted by molar-refractivity contribution is -0.136. The van der Waals surface area contributed by atoms with Crippen molar-refractivity contribution in [2.24, 2.45) is 0 Å². The Labute approximate surface area is 222 Å². The highest BCUT2D eigenvalue weighted by atomic mass is 32.1. The summed E-state index contributed by atoms with van der Waals surface area (Å²) in [7, 11) is 0. The average Bonchev–Trinajstić information content (AvgIpc) is 3.32. The number of ether oxygens (including phenoxy) is 1. The molecule has 1 aromatic heterocycles. The average molecular weight is 547 g/mol. The van der Waals surface area contributed by atoms with Gasteiger partial charge in [-0.15, -0.1) is 11.3 Å². The van der Waals surface area contributed by atoms with Crippen LogP contribution in [0.25, 0.3) is 0 Å². The minimum Gasteiger partial charge on any atom is -0.486 e. The van der Waals surface area contributed by atoms with Crippen molar-refractivity contribution in [1.29, 1.82) is 0 Å². The molecule has 0 radical (unpaired) electrons. The predicted molar refractivity (Wildman–Crippen MR) is 139 cm³/mol. The highest BCUT2D eigenvalue weighted by Gasteiger charge is 2.34. The molecule has 7 nitrogen and oxygen atoms in total. The Morgan fingerprint density at radius 3 is 2.29 bits per heavy atom. The Morgan fingerprint density at radius 1 is 1.00 bits per heavy atom. The number of nitrogens with one attached hydrogen (secondary N) is 3. The molecule has 1 aliphatic carbocycles. The van der Waals surface area contributed by atoms with Gasteiger partial charge in [-0.1, -0.05) is 18.2 Å². The Balaban J connectivity index is 1.21. The fraction of sp³-hybridized carbons (Fsp3) is 0.370. The van der Waals surface area contributed by atoms with Crippen LogP contribution in [-0.2, 0) is 12.8 Å². The number of thiazole rings is 1. The number of carbonyl (C=O) groups is 2. The van der Waals surface area contributed by atoms with Crippen LogP contribution in [0.1, 0.15) is 57.9 Å². The van der Waals surface area contributed by atoms with Gasteiger partial charge < -0.3 is 20.7 Å². The van der Waals surface area contributed by atoms with E-state index in [1.54, 1.807) is 5.38 Å². The number of urea groups is 1.